The summed E-state index contributed by atoms with van der Waals surface area (Å²) in [6.07, 6.45) is 2.54. The largest absolute Gasteiger partial charge is 0.358 e. The molecule has 5 rings (SSSR count). The second-order valence-corrected chi connectivity index (χ2v) is 7.45. The number of hydrogen-bond acceptors (Lipinski definition) is 4. The Hall–Kier alpha value is -2.47. The van der Waals surface area contributed by atoms with Gasteiger partial charge in [0, 0.05) is 46.5 Å². The van der Waals surface area contributed by atoms with E-state index in [1.165, 1.54) is 22.2 Å². The van der Waals surface area contributed by atoms with E-state index in [2.05, 4.69) is 32.8 Å². The molecule has 6 heteroatoms. The van der Waals surface area contributed by atoms with Gasteiger partial charge in [0.2, 0.25) is 0 Å². The van der Waals surface area contributed by atoms with Crippen LogP contribution < -0.4 is 4.90 Å². The van der Waals surface area contributed by atoms with E-state index in [0.29, 0.717) is 0 Å². The molecule has 0 amide bonds. The average molecular weight is 338 g/mol. The number of H-pyrrole nitrogens is 1. The van der Waals surface area contributed by atoms with Crippen molar-refractivity contribution in [2.24, 2.45) is 0 Å². The summed E-state index contributed by atoms with van der Waals surface area (Å²) in [6, 6.07) is 7.10. The number of fused-ring (bicyclic) bond motifs is 4. The number of benzene rings is 1. The lowest BCUT2D eigenvalue weighted by Gasteiger charge is -2.28. The van der Waals surface area contributed by atoms with Gasteiger partial charge >= 0.3 is 0 Å². The molecule has 0 spiro atoms. The van der Waals surface area contributed by atoms with E-state index in [1.807, 2.05) is 6.07 Å². The highest BCUT2D eigenvalue weighted by Crippen LogP contribution is 2.34. The fraction of sp³-hybridized carbons (Fsp3) is 0.222. The van der Waals surface area contributed by atoms with Crippen molar-refractivity contribution in [3.63, 3.8) is 0 Å². The zero-order chi connectivity index (χ0) is 16.3. The van der Waals surface area contributed by atoms with Crippen LogP contribution >= 0.6 is 11.3 Å². The van der Waals surface area contributed by atoms with Gasteiger partial charge in [-0.2, -0.15) is 0 Å². The molecule has 0 saturated carbocycles. The summed E-state index contributed by atoms with van der Waals surface area (Å²) < 4.78 is 13.7. The van der Waals surface area contributed by atoms with Crippen LogP contribution in [-0.2, 0) is 13.0 Å². The molecular formula is C18H15FN4S. The van der Waals surface area contributed by atoms with Crippen molar-refractivity contribution in [3.8, 4) is 0 Å². The van der Waals surface area contributed by atoms with Crippen LogP contribution in [0.4, 0.5) is 10.2 Å². The predicted octanol–water partition coefficient (Wildman–Crippen LogP) is 4.18. The Kier molecular flexibility index (Phi) is 2.91. The second-order valence-electron chi connectivity index (χ2n) is 6.22. The normalized spacial score (nSPS) is 14.5. The van der Waals surface area contributed by atoms with Crippen LogP contribution in [0, 0.1) is 12.7 Å². The summed E-state index contributed by atoms with van der Waals surface area (Å²) in [4.78, 5) is 16.9. The SMILES string of the molecule is Cc1cc2c(N3CCc4[nH]c5ccc(F)cc5c4C3)ncnc2s1. The van der Waals surface area contributed by atoms with Crippen molar-refractivity contribution in [1.82, 2.24) is 15.0 Å². The van der Waals surface area contributed by atoms with Crippen molar-refractivity contribution in [2.45, 2.75) is 19.9 Å². The van der Waals surface area contributed by atoms with E-state index >= 15 is 0 Å². The first kappa shape index (κ1) is 13.9. The molecule has 1 aliphatic heterocycles. The lowest BCUT2D eigenvalue weighted by atomic mass is 10.0. The van der Waals surface area contributed by atoms with Crippen LogP contribution in [0.3, 0.4) is 0 Å². The molecule has 0 bridgehead atoms. The first-order valence-corrected chi connectivity index (χ1v) is 8.76. The van der Waals surface area contributed by atoms with Gasteiger partial charge in [0.15, 0.2) is 0 Å². The van der Waals surface area contributed by atoms with Crippen molar-refractivity contribution in [2.75, 3.05) is 11.4 Å². The van der Waals surface area contributed by atoms with Gasteiger partial charge in [0.25, 0.3) is 0 Å². The van der Waals surface area contributed by atoms with Crippen molar-refractivity contribution >= 4 is 38.3 Å². The highest BCUT2D eigenvalue weighted by molar-refractivity contribution is 7.18. The lowest BCUT2D eigenvalue weighted by molar-refractivity contribution is 0.629. The Balaban J connectivity index is 1.63. The molecule has 24 heavy (non-hydrogen) atoms. The Labute approximate surface area is 142 Å². The van der Waals surface area contributed by atoms with Crippen LogP contribution in [-0.4, -0.2) is 21.5 Å². The zero-order valence-electron chi connectivity index (χ0n) is 13.1. The Morgan fingerprint density at radius 1 is 1.21 bits per heavy atom. The summed E-state index contributed by atoms with van der Waals surface area (Å²) in [7, 11) is 0. The summed E-state index contributed by atoms with van der Waals surface area (Å²) >= 11 is 1.69. The Morgan fingerprint density at radius 2 is 2.12 bits per heavy atom. The topological polar surface area (TPSA) is 44.8 Å². The molecule has 4 nitrogen and oxygen atoms in total. The number of thiophene rings is 1. The third-order valence-corrected chi connectivity index (χ3v) is 5.63. The fourth-order valence-electron chi connectivity index (χ4n) is 3.58. The third-order valence-electron chi connectivity index (χ3n) is 4.67. The minimum atomic E-state index is -0.195. The van der Waals surface area contributed by atoms with E-state index in [9.17, 15) is 4.39 Å². The molecule has 3 aromatic heterocycles. The third kappa shape index (κ3) is 2.03. The number of aryl methyl sites for hydroxylation is 1. The standard InChI is InChI=1S/C18H15FN4S/c1-10-6-13-17(20-9-21-18(13)24-10)23-5-4-16-14(8-23)12-7-11(19)2-3-15(12)22-16/h2-3,6-7,9,22H,4-5,8H2,1H3. The molecule has 1 aliphatic rings. The summed E-state index contributed by atoms with van der Waals surface area (Å²) in [6.45, 7) is 3.72. The number of hydrogen-bond donors (Lipinski definition) is 1. The highest BCUT2D eigenvalue weighted by atomic mass is 32.1. The van der Waals surface area contributed by atoms with Gasteiger partial charge in [-0.15, -0.1) is 11.3 Å². The quantitative estimate of drug-likeness (QED) is 0.566. The van der Waals surface area contributed by atoms with Gasteiger partial charge in [-0.05, 0) is 31.2 Å². The van der Waals surface area contributed by atoms with E-state index in [0.717, 1.165) is 46.4 Å². The van der Waals surface area contributed by atoms with Gasteiger partial charge in [-0.25, -0.2) is 14.4 Å². The molecule has 0 aliphatic carbocycles. The average Bonchev–Trinajstić information content (AvgIpc) is 3.13. The first-order chi connectivity index (χ1) is 11.7. The van der Waals surface area contributed by atoms with E-state index in [-0.39, 0.29) is 5.82 Å². The Bertz CT molecular complexity index is 1080. The maximum Gasteiger partial charge on any atom is 0.141 e. The number of halogens is 1. The molecule has 0 unspecified atom stereocenters. The predicted molar refractivity (Wildman–Crippen MR) is 95.2 cm³/mol. The molecule has 1 aromatic carbocycles. The van der Waals surface area contributed by atoms with E-state index in [4.69, 9.17) is 0 Å². The lowest BCUT2D eigenvalue weighted by Crippen LogP contribution is -2.30. The number of nitrogens with one attached hydrogen (secondary N) is 1. The maximum absolute atomic E-state index is 13.7. The molecular weight excluding hydrogens is 323 g/mol. The number of anilines is 1. The minimum absolute atomic E-state index is 0.195. The van der Waals surface area contributed by atoms with E-state index in [1.54, 1.807) is 23.7 Å². The second kappa shape index (κ2) is 5.01. The number of nitrogens with zero attached hydrogens (tertiary/aromatic N) is 3. The van der Waals surface area contributed by atoms with Gasteiger partial charge in [0.05, 0.1) is 5.39 Å². The molecule has 4 aromatic rings. The molecule has 0 atom stereocenters. The fourth-order valence-corrected chi connectivity index (χ4v) is 4.42. The molecule has 0 fully saturated rings. The maximum atomic E-state index is 13.7. The van der Waals surface area contributed by atoms with Crippen molar-refractivity contribution in [1.29, 1.82) is 0 Å². The zero-order valence-corrected chi connectivity index (χ0v) is 14.0. The van der Waals surface area contributed by atoms with Crippen LogP contribution in [0.2, 0.25) is 0 Å². The van der Waals surface area contributed by atoms with Crippen LogP contribution in [0.15, 0.2) is 30.6 Å². The monoisotopic (exact) mass is 338 g/mol. The van der Waals surface area contributed by atoms with Gasteiger partial charge in [-0.1, -0.05) is 0 Å². The molecule has 0 radical (unpaired) electrons. The summed E-state index contributed by atoms with van der Waals surface area (Å²) in [5.41, 5.74) is 3.38. The highest BCUT2D eigenvalue weighted by Gasteiger charge is 2.23. The number of aromatic nitrogens is 3. The number of aromatic amines is 1. The first-order valence-electron chi connectivity index (χ1n) is 7.94. The summed E-state index contributed by atoms with van der Waals surface area (Å²) in [5.74, 6) is 0.778. The van der Waals surface area contributed by atoms with E-state index < -0.39 is 0 Å². The molecule has 1 N–H and O–H groups in total. The summed E-state index contributed by atoms with van der Waals surface area (Å²) in [5, 5.41) is 2.08. The van der Waals surface area contributed by atoms with Crippen LogP contribution in [0.5, 0.6) is 0 Å². The molecule has 0 saturated heterocycles. The van der Waals surface area contributed by atoms with Crippen LogP contribution in [0.25, 0.3) is 21.1 Å². The molecule has 4 heterocycles. The molecule has 120 valence electrons. The van der Waals surface area contributed by atoms with Gasteiger partial charge < -0.3 is 9.88 Å². The van der Waals surface area contributed by atoms with Crippen molar-refractivity contribution < 1.29 is 4.39 Å². The number of rotatable bonds is 1. The van der Waals surface area contributed by atoms with Gasteiger partial charge in [0.1, 0.15) is 22.8 Å². The smallest absolute Gasteiger partial charge is 0.141 e. The van der Waals surface area contributed by atoms with Crippen LogP contribution in [0.1, 0.15) is 16.1 Å². The minimum Gasteiger partial charge on any atom is -0.358 e. The Morgan fingerprint density at radius 3 is 3.04 bits per heavy atom. The van der Waals surface area contributed by atoms with Crippen molar-refractivity contribution in [3.05, 3.63) is 52.5 Å². The van der Waals surface area contributed by atoms with Gasteiger partial charge in [-0.3, -0.25) is 0 Å².